The molecule has 1 aliphatic rings. The van der Waals surface area contributed by atoms with Crippen molar-refractivity contribution < 1.29 is 0 Å². The Kier molecular flexibility index (Phi) is 4.23. The molecule has 0 bridgehead atoms. The highest BCUT2D eigenvalue weighted by atomic mass is 79.9. The molecule has 1 atom stereocenters. The van der Waals surface area contributed by atoms with Crippen LogP contribution in [0.3, 0.4) is 0 Å². The highest BCUT2D eigenvalue weighted by Crippen LogP contribution is 2.32. The van der Waals surface area contributed by atoms with Gasteiger partial charge in [-0.05, 0) is 59.8 Å². The summed E-state index contributed by atoms with van der Waals surface area (Å²) < 4.78 is 1.25. The van der Waals surface area contributed by atoms with E-state index in [1.165, 1.54) is 34.3 Å². The summed E-state index contributed by atoms with van der Waals surface area (Å²) in [7, 11) is 0. The molecule has 1 aromatic heterocycles. The fourth-order valence-corrected chi connectivity index (χ4v) is 3.73. The van der Waals surface area contributed by atoms with Gasteiger partial charge in [-0.25, -0.2) is 0 Å². The predicted octanol–water partition coefficient (Wildman–Crippen LogP) is 3.83. The molecule has 2 rings (SSSR count). The van der Waals surface area contributed by atoms with Gasteiger partial charge in [0.1, 0.15) is 0 Å². The van der Waals surface area contributed by atoms with E-state index in [0.29, 0.717) is 6.04 Å². The van der Waals surface area contributed by atoms with Crippen LogP contribution < -0.4 is 5.32 Å². The standard InChI is InChI=1S/C12H18BrNS/c1-2-14-11(9-4-3-5-9)8-10-6-7-12(13)15-10/h6-7,9,11,14H,2-5,8H2,1H3. The third-order valence-electron chi connectivity index (χ3n) is 3.24. The topological polar surface area (TPSA) is 12.0 Å². The van der Waals surface area contributed by atoms with Crippen LogP contribution in [0.5, 0.6) is 0 Å². The second-order valence-electron chi connectivity index (χ2n) is 4.27. The molecule has 84 valence electrons. The second kappa shape index (κ2) is 5.46. The van der Waals surface area contributed by atoms with Gasteiger partial charge in [0, 0.05) is 10.9 Å². The van der Waals surface area contributed by atoms with E-state index in [4.69, 9.17) is 0 Å². The molecule has 0 aliphatic heterocycles. The molecular weight excluding hydrogens is 270 g/mol. The molecule has 0 aromatic carbocycles. The summed E-state index contributed by atoms with van der Waals surface area (Å²) in [5, 5.41) is 3.63. The molecule has 0 radical (unpaired) electrons. The van der Waals surface area contributed by atoms with Gasteiger partial charge < -0.3 is 5.32 Å². The molecule has 0 saturated heterocycles. The molecule has 0 amide bonds. The number of halogens is 1. The molecule has 1 aliphatic carbocycles. The van der Waals surface area contributed by atoms with Crippen LogP contribution in [0, 0.1) is 5.92 Å². The first-order valence-corrected chi connectivity index (χ1v) is 7.38. The minimum atomic E-state index is 0.703. The Labute approximate surface area is 104 Å². The van der Waals surface area contributed by atoms with Crippen molar-refractivity contribution in [2.45, 2.75) is 38.6 Å². The normalized spacial score (nSPS) is 18.8. The summed E-state index contributed by atoms with van der Waals surface area (Å²) in [5.74, 6) is 0.922. The Balaban J connectivity index is 1.93. The van der Waals surface area contributed by atoms with Crippen LogP contribution in [0.2, 0.25) is 0 Å². The Morgan fingerprint density at radius 2 is 2.33 bits per heavy atom. The summed E-state index contributed by atoms with van der Waals surface area (Å²) >= 11 is 5.40. The lowest BCUT2D eigenvalue weighted by Crippen LogP contribution is -2.40. The average Bonchev–Trinajstić information content (AvgIpc) is 2.48. The summed E-state index contributed by atoms with van der Waals surface area (Å²) in [4.78, 5) is 1.50. The van der Waals surface area contributed by atoms with Crippen molar-refractivity contribution in [3.8, 4) is 0 Å². The van der Waals surface area contributed by atoms with E-state index in [-0.39, 0.29) is 0 Å². The third kappa shape index (κ3) is 3.05. The van der Waals surface area contributed by atoms with Gasteiger partial charge in [0.15, 0.2) is 0 Å². The van der Waals surface area contributed by atoms with Gasteiger partial charge in [-0.3, -0.25) is 0 Å². The maximum absolute atomic E-state index is 3.63. The van der Waals surface area contributed by atoms with E-state index >= 15 is 0 Å². The van der Waals surface area contributed by atoms with Gasteiger partial charge in [0.05, 0.1) is 3.79 Å². The van der Waals surface area contributed by atoms with Gasteiger partial charge in [-0.15, -0.1) is 11.3 Å². The molecule has 1 N–H and O–H groups in total. The van der Waals surface area contributed by atoms with Crippen molar-refractivity contribution in [2.75, 3.05) is 6.54 Å². The van der Waals surface area contributed by atoms with Gasteiger partial charge in [0.25, 0.3) is 0 Å². The Morgan fingerprint density at radius 1 is 1.53 bits per heavy atom. The third-order valence-corrected chi connectivity index (χ3v) is 4.88. The Morgan fingerprint density at radius 3 is 2.80 bits per heavy atom. The van der Waals surface area contributed by atoms with E-state index in [1.54, 1.807) is 0 Å². The molecule has 1 nitrogen and oxygen atoms in total. The van der Waals surface area contributed by atoms with Crippen molar-refractivity contribution in [2.24, 2.45) is 5.92 Å². The fourth-order valence-electron chi connectivity index (χ4n) is 2.19. The van der Waals surface area contributed by atoms with Gasteiger partial charge in [-0.2, -0.15) is 0 Å². The van der Waals surface area contributed by atoms with Crippen molar-refractivity contribution in [3.05, 3.63) is 20.8 Å². The number of rotatable bonds is 5. The van der Waals surface area contributed by atoms with Crippen LogP contribution in [-0.4, -0.2) is 12.6 Å². The largest absolute Gasteiger partial charge is 0.314 e. The zero-order valence-electron chi connectivity index (χ0n) is 9.13. The average molecular weight is 288 g/mol. The van der Waals surface area contributed by atoms with Crippen LogP contribution in [0.25, 0.3) is 0 Å². The predicted molar refractivity (Wildman–Crippen MR) is 70.5 cm³/mol. The summed E-state index contributed by atoms with van der Waals surface area (Å²) in [6.45, 7) is 3.30. The molecular formula is C12H18BrNS. The Hall–Kier alpha value is 0.140. The molecule has 1 unspecified atom stereocenters. The molecule has 15 heavy (non-hydrogen) atoms. The molecule has 1 fully saturated rings. The van der Waals surface area contributed by atoms with E-state index < -0.39 is 0 Å². The lowest BCUT2D eigenvalue weighted by molar-refractivity contribution is 0.230. The SMILES string of the molecule is CCNC(Cc1ccc(Br)s1)C1CCC1. The number of hydrogen-bond acceptors (Lipinski definition) is 2. The fraction of sp³-hybridized carbons (Fsp3) is 0.667. The first kappa shape index (κ1) is 11.6. The highest BCUT2D eigenvalue weighted by molar-refractivity contribution is 9.11. The van der Waals surface area contributed by atoms with E-state index in [2.05, 4.69) is 40.3 Å². The van der Waals surface area contributed by atoms with Crippen molar-refractivity contribution in [1.29, 1.82) is 0 Å². The van der Waals surface area contributed by atoms with E-state index in [0.717, 1.165) is 12.5 Å². The molecule has 3 heteroatoms. The first-order valence-electron chi connectivity index (χ1n) is 5.77. The first-order chi connectivity index (χ1) is 7.29. The minimum Gasteiger partial charge on any atom is -0.314 e. The molecule has 0 spiro atoms. The zero-order valence-corrected chi connectivity index (χ0v) is 11.5. The summed E-state index contributed by atoms with van der Waals surface area (Å²) in [5.41, 5.74) is 0. The van der Waals surface area contributed by atoms with Crippen LogP contribution in [0.1, 0.15) is 31.1 Å². The number of hydrogen-bond donors (Lipinski definition) is 1. The van der Waals surface area contributed by atoms with E-state index in [9.17, 15) is 0 Å². The van der Waals surface area contributed by atoms with Crippen molar-refractivity contribution in [1.82, 2.24) is 5.32 Å². The molecule has 1 heterocycles. The Bertz CT molecular complexity index is 306. The van der Waals surface area contributed by atoms with Gasteiger partial charge >= 0.3 is 0 Å². The lowest BCUT2D eigenvalue weighted by Gasteiger charge is -2.34. The molecule has 1 aromatic rings. The minimum absolute atomic E-state index is 0.703. The monoisotopic (exact) mass is 287 g/mol. The number of nitrogens with one attached hydrogen (secondary N) is 1. The quantitative estimate of drug-likeness (QED) is 0.868. The lowest BCUT2D eigenvalue weighted by atomic mass is 9.78. The smallest absolute Gasteiger partial charge is 0.0701 e. The zero-order chi connectivity index (χ0) is 10.7. The van der Waals surface area contributed by atoms with Gasteiger partial charge in [0.2, 0.25) is 0 Å². The van der Waals surface area contributed by atoms with Gasteiger partial charge in [-0.1, -0.05) is 13.3 Å². The maximum Gasteiger partial charge on any atom is 0.0701 e. The summed E-state index contributed by atoms with van der Waals surface area (Å²) in [6.07, 6.45) is 5.48. The van der Waals surface area contributed by atoms with Crippen LogP contribution >= 0.6 is 27.3 Å². The number of likely N-dealkylation sites (N-methyl/N-ethyl adjacent to an activating group) is 1. The van der Waals surface area contributed by atoms with Crippen LogP contribution in [-0.2, 0) is 6.42 Å². The highest BCUT2D eigenvalue weighted by Gasteiger charge is 2.26. The van der Waals surface area contributed by atoms with Crippen molar-refractivity contribution in [3.63, 3.8) is 0 Å². The summed E-state index contributed by atoms with van der Waals surface area (Å²) in [6, 6.07) is 5.11. The maximum atomic E-state index is 3.63. The number of thiophene rings is 1. The second-order valence-corrected chi connectivity index (χ2v) is 6.81. The van der Waals surface area contributed by atoms with Crippen LogP contribution in [0.15, 0.2) is 15.9 Å². The van der Waals surface area contributed by atoms with Crippen LogP contribution in [0.4, 0.5) is 0 Å². The molecule has 1 saturated carbocycles. The van der Waals surface area contributed by atoms with Crippen molar-refractivity contribution >= 4 is 27.3 Å². The van der Waals surface area contributed by atoms with E-state index in [1.807, 2.05) is 11.3 Å².